The van der Waals surface area contributed by atoms with Gasteiger partial charge in [-0.15, -0.1) is 6.58 Å². The minimum absolute atomic E-state index is 0.721. The van der Waals surface area contributed by atoms with Gasteiger partial charge in [0.25, 0.3) is 0 Å². The molecule has 0 saturated heterocycles. The number of nitrogens with one attached hydrogen (secondary N) is 2. The Labute approximate surface area is 57.4 Å². The van der Waals surface area contributed by atoms with Crippen LogP contribution < -0.4 is 0 Å². The van der Waals surface area contributed by atoms with Crippen LogP contribution >= 0.6 is 0 Å². The summed E-state index contributed by atoms with van der Waals surface area (Å²) in [6, 6.07) is 0. The average Bonchev–Trinajstić information content (AvgIpc) is 1.63. The van der Waals surface area contributed by atoms with Gasteiger partial charge in [0.05, 0.1) is 0 Å². The first-order chi connectivity index (χ1) is 4.06. The highest BCUT2D eigenvalue weighted by Gasteiger charge is 1.89. The van der Waals surface area contributed by atoms with Crippen molar-refractivity contribution >= 4 is 9.62 Å². The number of allylic oxidation sites excluding steroid dienone is 1. The Morgan fingerprint density at radius 3 is 2.44 bits per heavy atom. The van der Waals surface area contributed by atoms with E-state index >= 15 is 0 Å². The lowest BCUT2D eigenvalue weighted by atomic mass is 10.3. The molecular formula is C6H14N2S. The van der Waals surface area contributed by atoms with E-state index in [1.54, 1.807) is 6.26 Å². The van der Waals surface area contributed by atoms with Gasteiger partial charge in [0, 0.05) is 12.0 Å². The third-order valence-corrected chi connectivity index (χ3v) is 2.07. The molecule has 0 bridgehead atoms. The van der Waals surface area contributed by atoms with Gasteiger partial charge in [-0.2, -0.15) is 0 Å². The summed E-state index contributed by atoms with van der Waals surface area (Å²) in [5.41, 5.74) is 0. The van der Waals surface area contributed by atoms with Gasteiger partial charge in [-0.1, -0.05) is 15.7 Å². The monoisotopic (exact) mass is 146 g/mol. The SMILES string of the molecule is C=CCCCS(C)(=N)=N. The topological polar surface area (TPSA) is 47.7 Å². The van der Waals surface area contributed by atoms with Crippen LogP contribution in [0.2, 0.25) is 0 Å². The molecule has 0 rings (SSSR count). The third kappa shape index (κ3) is 7.69. The Kier molecular flexibility index (Phi) is 3.54. The summed E-state index contributed by atoms with van der Waals surface area (Å²) in [4.78, 5) is 0. The first-order valence-corrected chi connectivity index (χ1v) is 5.13. The van der Waals surface area contributed by atoms with Crippen LogP contribution in [0, 0.1) is 9.56 Å². The van der Waals surface area contributed by atoms with Crippen LogP contribution in [0.1, 0.15) is 12.8 Å². The van der Waals surface area contributed by atoms with Gasteiger partial charge < -0.3 is 0 Å². The molecule has 0 aromatic heterocycles. The molecule has 2 nitrogen and oxygen atoms in total. The van der Waals surface area contributed by atoms with E-state index in [4.69, 9.17) is 9.56 Å². The van der Waals surface area contributed by atoms with Gasteiger partial charge in [-0.3, -0.25) is 9.56 Å². The average molecular weight is 146 g/mol. The molecule has 9 heavy (non-hydrogen) atoms. The van der Waals surface area contributed by atoms with Crippen molar-refractivity contribution in [1.82, 2.24) is 0 Å². The molecule has 0 atom stereocenters. The Morgan fingerprint density at radius 1 is 1.56 bits per heavy atom. The zero-order valence-corrected chi connectivity index (χ0v) is 6.63. The molecule has 0 aliphatic carbocycles. The molecule has 0 radical (unpaired) electrons. The van der Waals surface area contributed by atoms with Gasteiger partial charge >= 0.3 is 0 Å². The van der Waals surface area contributed by atoms with Crippen molar-refractivity contribution in [3.63, 3.8) is 0 Å². The predicted octanol–water partition coefficient (Wildman–Crippen LogP) is 2.26. The molecule has 0 amide bonds. The Balaban J connectivity index is 3.40. The maximum absolute atomic E-state index is 7.23. The van der Waals surface area contributed by atoms with E-state index in [0.717, 1.165) is 18.6 Å². The highest BCUT2D eigenvalue weighted by molar-refractivity contribution is 7.92. The fraction of sp³-hybridized carbons (Fsp3) is 0.667. The van der Waals surface area contributed by atoms with Crippen LogP contribution in [-0.2, 0) is 9.62 Å². The fourth-order valence-electron chi connectivity index (χ4n) is 0.516. The van der Waals surface area contributed by atoms with Crippen LogP contribution in [-0.4, -0.2) is 12.0 Å². The molecule has 54 valence electrons. The molecule has 0 aliphatic heterocycles. The molecule has 0 saturated carbocycles. The Hall–Kier alpha value is -0.310. The van der Waals surface area contributed by atoms with Crippen LogP contribution in [0.15, 0.2) is 12.7 Å². The summed E-state index contributed by atoms with van der Waals surface area (Å²) >= 11 is 0. The normalized spacial score (nSPS) is 11.2. The molecule has 0 aliphatic rings. The van der Waals surface area contributed by atoms with E-state index in [1.807, 2.05) is 6.08 Å². The van der Waals surface area contributed by atoms with Crippen molar-refractivity contribution in [1.29, 1.82) is 9.56 Å². The number of unbranched alkanes of at least 4 members (excludes halogenated alkanes) is 1. The van der Waals surface area contributed by atoms with Crippen molar-refractivity contribution in [2.75, 3.05) is 12.0 Å². The smallest absolute Gasteiger partial charge is 0.0130 e. The minimum Gasteiger partial charge on any atom is -0.271 e. The van der Waals surface area contributed by atoms with Crippen molar-refractivity contribution in [2.45, 2.75) is 12.8 Å². The van der Waals surface area contributed by atoms with Crippen LogP contribution in [0.3, 0.4) is 0 Å². The zero-order chi connectivity index (χ0) is 7.33. The van der Waals surface area contributed by atoms with Gasteiger partial charge in [0.15, 0.2) is 0 Å². The number of hydrogen-bond donors (Lipinski definition) is 2. The molecule has 0 aromatic carbocycles. The van der Waals surface area contributed by atoms with Crippen LogP contribution in [0.25, 0.3) is 0 Å². The maximum atomic E-state index is 7.23. The van der Waals surface area contributed by atoms with Gasteiger partial charge in [0.1, 0.15) is 0 Å². The quantitative estimate of drug-likeness (QED) is 0.451. The van der Waals surface area contributed by atoms with Crippen molar-refractivity contribution in [2.24, 2.45) is 0 Å². The van der Waals surface area contributed by atoms with E-state index in [1.165, 1.54) is 0 Å². The van der Waals surface area contributed by atoms with Crippen molar-refractivity contribution in [3.05, 3.63) is 12.7 Å². The second-order valence-corrected chi connectivity index (χ2v) is 4.81. The molecule has 0 unspecified atom stereocenters. The lowest BCUT2D eigenvalue weighted by molar-refractivity contribution is 0.967. The standard InChI is InChI=1S/C6H14N2S/c1-3-4-5-6-9(2,7)8/h3,7-8H,1,4-6H2,2H3. The Morgan fingerprint density at radius 2 is 2.11 bits per heavy atom. The third-order valence-electron chi connectivity index (χ3n) is 0.961. The summed E-state index contributed by atoms with van der Waals surface area (Å²) in [7, 11) is -1.74. The molecule has 2 N–H and O–H groups in total. The lowest BCUT2D eigenvalue weighted by Gasteiger charge is -1.99. The van der Waals surface area contributed by atoms with Crippen LogP contribution in [0.4, 0.5) is 0 Å². The van der Waals surface area contributed by atoms with Crippen molar-refractivity contribution < 1.29 is 0 Å². The summed E-state index contributed by atoms with van der Waals surface area (Å²) in [6.45, 7) is 3.57. The highest BCUT2D eigenvalue weighted by Crippen LogP contribution is 1.95. The van der Waals surface area contributed by atoms with E-state index in [-0.39, 0.29) is 0 Å². The first kappa shape index (κ1) is 8.69. The van der Waals surface area contributed by atoms with E-state index < -0.39 is 9.62 Å². The fourth-order valence-corrected chi connectivity index (χ4v) is 1.26. The second kappa shape index (κ2) is 3.67. The summed E-state index contributed by atoms with van der Waals surface area (Å²) in [6.07, 6.45) is 5.42. The summed E-state index contributed by atoms with van der Waals surface area (Å²) < 4.78 is 14.5. The highest BCUT2D eigenvalue weighted by atomic mass is 32.2. The van der Waals surface area contributed by atoms with Gasteiger partial charge in [-0.05, 0) is 12.8 Å². The predicted molar refractivity (Wildman–Crippen MR) is 43.0 cm³/mol. The Bertz CT molecular complexity index is 167. The van der Waals surface area contributed by atoms with E-state index in [2.05, 4.69) is 6.58 Å². The number of hydrogen-bond acceptors (Lipinski definition) is 2. The largest absolute Gasteiger partial charge is 0.271 e. The van der Waals surface area contributed by atoms with Crippen molar-refractivity contribution in [3.8, 4) is 0 Å². The molecule has 3 heteroatoms. The molecular weight excluding hydrogens is 132 g/mol. The summed E-state index contributed by atoms with van der Waals surface area (Å²) in [5, 5.41) is 0. The maximum Gasteiger partial charge on any atom is 0.0130 e. The lowest BCUT2D eigenvalue weighted by Crippen LogP contribution is -1.97. The molecule has 0 spiro atoms. The minimum atomic E-state index is -1.74. The van der Waals surface area contributed by atoms with Gasteiger partial charge in [-0.25, -0.2) is 0 Å². The van der Waals surface area contributed by atoms with Gasteiger partial charge in [0.2, 0.25) is 0 Å². The van der Waals surface area contributed by atoms with Crippen LogP contribution in [0.5, 0.6) is 0 Å². The molecule has 0 fully saturated rings. The molecule has 0 heterocycles. The first-order valence-electron chi connectivity index (χ1n) is 2.92. The molecule has 0 aromatic rings. The second-order valence-electron chi connectivity index (χ2n) is 2.22. The van der Waals surface area contributed by atoms with E-state index in [9.17, 15) is 0 Å². The zero-order valence-electron chi connectivity index (χ0n) is 5.81. The summed E-state index contributed by atoms with van der Waals surface area (Å²) in [5.74, 6) is 0.721. The van der Waals surface area contributed by atoms with E-state index in [0.29, 0.717) is 0 Å². The number of rotatable bonds is 4.